The molecule has 0 saturated carbocycles. The summed E-state index contributed by atoms with van der Waals surface area (Å²) in [6, 6.07) is 0.0882. The van der Waals surface area contributed by atoms with Gasteiger partial charge in [0.2, 0.25) is 5.91 Å². The van der Waals surface area contributed by atoms with E-state index in [-0.39, 0.29) is 24.2 Å². The molecular formula is C10H16N4O3. The lowest BCUT2D eigenvalue weighted by Gasteiger charge is -2.21. The molecule has 7 heteroatoms. The summed E-state index contributed by atoms with van der Waals surface area (Å²) in [5.74, 6) is -1.27. The molecule has 17 heavy (non-hydrogen) atoms. The molecule has 1 heterocycles. The van der Waals surface area contributed by atoms with Crippen LogP contribution in [-0.2, 0) is 11.3 Å². The van der Waals surface area contributed by atoms with Gasteiger partial charge in [-0.05, 0) is 20.8 Å². The lowest BCUT2D eigenvalue weighted by Crippen LogP contribution is -2.36. The van der Waals surface area contributed by atoms with Crippen molar-refractivity contribution in [1.29, 1.82) is 0 Å². The minimum atomic E-state index is -1.14. The summed E-state index contributed by atoms with van der Waals surface area (Å²) in [5, 5.41) is 16.0. The molecule has 0 bridgehead atoms. The molecule has 0 aliphatic heterocycles. The predicted octanol–water partition coefficient (Wildman–Crippen LogP) is 0.152. The zero-order valence-electron chi connectivity index (χ0n) is 10.3. The van der Waals surface area contributed by atoms with Crippen LogP contribution in [0.4, 0.5) is 0 Å². The molecule has 94 valence electrons. The Labute approximate surface area is 99.0 Å². The molecule has 1 amide bonds. The Hall–Kier alpha value is -1.92. The quantitative estimate of drug-likeness (QED) is 0.809. The van der Waals surface area contributed by atoms with Crippen LogP contribution in [0.15, 0.2) is 0 Å². The van der Waals surface area contributed by atoms with Crippen LogP contribution in [-0.4, -0.2) is 50.0 Å². The van der Waals surface area contributed by atoms with Gasteiger partial charge in [0, 0.05) is 13.1 Å². The van der Waals surface area contributed by atoms with Gasteiger partial charge in [0.15, 0.2) is 5.69 Å². The van der Waals surface area contributed by atoms with E-state index < -0.39 is 5.97 Å². The van der Waals surface area contributed by atoms with E-state index in [0.29, 0.717) is 5.69 Å². The second kappa shape index (κ2) is 4.94. The summed E-state index contributed by atoms with van der Waals surface area (Å²) < 4.78 is 1.30. The molecule has 1 aromatic rings. The number of hydrogen-bond donors (Lipinski definition) is 1. The first-order chi connectivity index (χ1) is 7.84. The fraction of sp³-hybridized carbons (Fsp3) is 0.600. The van der Waals surface area contributed by atoms with E-state index in [4.69, 9.17) is 5.11 Å². The van der Waals surface area contributed by atoms with Crippen molar-refractivity contribution in [1.82, 2.24) is 19.9 Å². The molecule has 1 N–H and O–H groups in total. The molecule has 1 aromatic heterocycles. The number of rotatable bonds is 4. The lowest BCUT2D eigenvalue weighted by molar-refractivity contribution is -0.132. The van der Waals surface area contributed by atoms with Crippen molar-refractivity contribution in [2.24, 2.45) is 0 Å². The summed E-state index contributed by atoms with van der Waals surface area (Å²) in [7, 11) is 1.69. The first-order valence-corrected chi connectivity index (χ1v) is 5.23. The predicted molar refractivity (Wildman–Crippen MR) is 59.6 cm³/mol. The lowest BCUT2D eigenvalue weighted by atomic mass is 10.3. The van der Waals surface area contributed by atoms with E-state index in [2.05, 4.69) is 10.3 Å². The summed E-state index contributed by atoms with van der Waals surface area (Å²) in [6.07, 6.45) is 0. The van der Waals surface area contributed by atoms with Gasteiger partial charge in [0.25, 0.3) is 0 Å². The van der Waals surface area contributed by atoms with Gasteiger partial charge in [-0.1, -0.05) is 5.21 Å². The Morgan fingerprint density at radius 3 is 2.47 bits per heavy atom. The van der Waals surface area contributed by atoms with Gasteiger partial charge in [0.05, 0.1) is 5.69 Å². The number of aromatic nitrogens is 3. The maximum atomic E-state index is 11.8. The van der Waals surface area contributed by atoms with Gasteiger partial charge in [0.1, 0.15) is 6.54 Å². The SMILES string of the molecule is Cc1c(C(=O)O)nnn1CC(=O)N(C)C(C)C. The molecule has 0 fully saturated rings. The minimum absolute atomic E-state index is 0.000787. The van der Waals surface area contributed by atoms with E-state index >= 15 is 0 Å². The minimum Gasteiger partial charge on any atom is -0.476 e. The van der Waals surface area contributed by atoms with E-state index in [9.17, 15) is 9.59 Å². The van der Waals surface area contributed by atoms with Crippen LogP contribution in [0.3, 0.4) is 0 Å². The van der Waals surface area contributed by atoms with Gasteiger partial charge >= 0.3 is 5.97 Å². The first-order valence-electron chi connectivity index (χ1n) is 5.23. The number of amides is 1. The van der Waals surface area contributed by atoms with Crippen molar-refractivity contribution in [3.8, 4) is 0 Å². The smallest absolute Gasteiger partial charge is 0.358 e. The number of aromatic carboxylic acids is 1. The van der Waals surface area contributed by atoms with Gasteiger partial charge in [-0.2, -0.15) is 0 Å². The van der Waals surface area contributed by atoms with Crippen LogP contribution in [0.5, 0.6) is 0 Å². The Kier molecular flexibility index (Phi) is 3.82. The number of hydrogen-bond acceptors (Lipinski definition) is 4. The van der Waals surface area contributed by atoms with Crippen LogP contribution in [0.2, 0.25) is 0 Å². The van der Waals surface area contributed by atoms with Gasteiger partial charge in [-0.3, -0.25) is 4.79 Å². The average molecular weight is 240 g/mol. The average Bonchev–Trinajstić information content (AvgIpc) is 2.59. The number of carboxylic acids is 1. The normalized spacial score (nSPS) is 10.6. The molecule has 0 radical (unpaired) electrons. The Morgan fingerprint density at radius 2 is 2.06 bits per heavy atom. The number of carboxylic acid groups (broad SMARTS) is 1. The van der Waals surface area contributed by atoms with E-state index in [0.717, 1.165) is 0 Å². The highest BCUT2D eigenvalue weighted by Crippen LogP contribution is 2.05. The standard InChI is InChI=1S/C10H16N4O3/c1-6(2)13(4)8(15)5-14-7(3)9(10(16)17)11-12-14/h6H,5H2,1-4H3,(H,16,17). The van der Waals surface area contributed by atoms with Crippen LogP contribution in [0.1, 0.15) is 30.0 Å². The molecule has 0 aliphatic rings. The van der Waals surface area contributed by atoms with E-state index in [1.54, 1.807) is 18.9 Å². The second-order valence-corrected chi connectivity index (χ2v) is 4.08. The molecule has 0 aromatic carbocycles. The number of nitrogens with zero attached hydrogens (tertiary/aromatic N) is 4. The monoisotopic (exact) mass is 240 g/mol. The highest BCUT2D eigenvalue weighted by Gasteiger charge is 2.19. The van der Waals surface area contributed by atoms with E-state index in [1.807, 2.05) is 13.8 Å². The zero-order valence-corrected chi connectivity index (χ0v) is 10.3. The van der Waals surface area contributed by atoms with Gasteiger partial charge < -0.3 is 10.0 Å². The van der Waals surface area contributed by atoms with Crippen LogP contribution in [0, 0.1) is 6.92 Å². The highest BCUT2D eigenvalue weighted by molar-refractivity contribution is 5.86. The Bertz CT molecular complexity index is 439. The molecular weight excluding hydrogens is 224 g/mol. The van der Waals surface area contributed by atoms with Crippen molar-refractivity contribution in [2.75, 3.05) is 7.05 Å². The maximum absolute atomic E-state index is 11.8. The van der Waals surface area contributed by atoms with Gasteiger partial charge in [-0.15, -0.1) is 5.10 Å². The Balaban J connectivity index is 2.83. The number of carbonyl (C=O) groups excluding carboxylic acids is 1. The molecule has 7 nitrogen and oxygen atoms in total. The van der Waals surface area contributed by atoms with Crippen molar-refractivity contribution in [3.05, 3.63) is 11.4 Å². The molecule has 0 spiro atoms. The highest BCUT2D eigenvalue weighted by atomic mass is 16.4. The fourth-order valence-electron chi connectivity index (χ4n) is 1.24. The summed E-state index contributed by atoms with van der Waals surface area (Å²) in [6.45, 7) is 5.37. The summed E-state index contributed by atoms with van der Waals surface area (Å²) in [5.41, 5.74) is 0.257. The third kappa shape index (κ3) is 2.80. The van der Waals surface area contributed by atoms with Crippen LogP contribution in [0.25, 0.3) is 0 Å². The zero-order chi connectivity index (χ0) is 13.2. The number of likely N-dealkylation sites (N-methyl/N-ethyl adjacent to an activating group) is 1. The van der Waals surface area contributed by atoms with Crippen LogP contribution < -0.4 is 0 Å². The fourth-order valence-corrected chi connectivity index (χ4v) is 1.24. The molecule has 1 rings (SSSR count). The second-order valence-electron chi connectivity index (χ2n) is 4.08. The third-order valence-corrected chi connectivity index (χ3v) is 2.64. The summed E-state index contributed by atoms with van der Waals surface area (Å²) >= 11 is 0. The van der Waals surface area contributed by atoms with Crippen molar-refractivity contribution < 1.29 is 14.7 Å². The van der Waals surface area contributed by atoms with E-state index in [1.165, 1.54) is 4.68 Å². The molecule has 0 atom stereocenters. The first kappa shape index (κ1) is 13.1. The topological polar surface area (TPSA) is 88.3 Å². The maximum Gasteiger partial charge on any atom is 0.358 e. The van der Waals surface area contributed by atoms with Gasteiger partial charge in [-0.25, -0.2) is 9.48 Å². The van der Waals surface area contributed by atoms with Crippen LogP contribution >= 0.6 is 0 Å². The Morgan fingerprint density at radius 1 is 1.47 bits per heavy atom. The summed E-state index contributed by atoms with van der Waals surface area (Å²) in [4.78, 5) is 24.1. The molecule has 0 aliphatic carbocycles. The largest absolute Gasteiger partial charge is 0.476 e. The third-order valence-electron chi connectivity index (χ3n) is 2.64. The van der Waals surface area contributed by atoms with Crippen molar-refractivity contribution >= 4 is 11.9 Å². The van der Waals surface area contributed by atoms with Crippen molar-refractivity contribution in [2.45, 2.75) is 33.4 Å². The molecule has 0 saturated heterocycles. The van der Waals surface area contributed by atoms with Crippen molar-refractivity contribution in [3.63, 3.8) is 0 Å². The molecule has 0 unspecified atom stereocenters. The number of carbonyl (C=O) groups is 2.